The van der Waals surface area contributed by atoms with Crippen LogP contribution >= 0.6 is 6.72 Å². The smallest absolute Gasteiger partial charge is 0.450 e. The molecule has 41 heavy (non-hydrogen) atoms. The van der Waals surface area contributed by atoms with Crippen LogP contribution in [-0.2, 0) is 26.0 Å². The summed E-state index contributed by atoms with van der Waals surface area (Å²) in [6, 6.07) is 19.2. The average Bonchev–Trinajstić information content (AvgIpc) is 2.92. The fourth-order valence-corrected chi connectivity index (χ4v) is 5.12. The summed E-state index contributed by atoms with van der Waals surface area (Å²) in [6.45, 7) is 2.29. The van der Waals surface area contributed by atoms with Crippen molar-refractivity contribution in [1.82, 2.24) is 0 Å². The summed E-state index contributed by atoms with van der Waals surface area (Å²) in [5.41, 5.74) is 1.46. The maximum atomic E-state index is 11.7. The molecule has 0 heterocycles. The Bertz CT molecular complexity index is 1190. The van der Waals surface area contributed by atoms with Crippen LogP contribution in [0.3, 0.4) is 0 Å². The molecular formula is C27H30N3O9PS. The van der Waals surface area contributed by atoms with Gasteiger partial charge in [0.25, 0.3) is 0 Å². The van der Waals surface area contributed by atoms with Crippen molar-refractivity contribution in [3.8, 4) is 17.2 Å². The Labute approximate surface area is 242 Å². The number of benzene rings is 3. The SMILES string of the molecule is CCOC(=O)Nc1ccc(OP(=S)(Oc2ccc(NC(=O)OCC)cc2)Oc2ccc(NC(=O)OCC)cc2)cc1. The predicted octanol–water partition coefficient (Wildman–Crippen LogP) is 7.15. The van der Waals surface area contributed by atoms with Crippen molar-refractivity contribution in [2.24, 2.45) is 0 Å². The third-order valence-electron chi connectivity index (χ3n) is 4.78. The molecule has 3 rings (SSSR count). The molecule has 0 unspecified atom stereocenters. The minimum Gasteiger partial charge on any atom is -0.450 e. The minimum absolute atomic E-state index is 0.240. The summed E-state index contributed by atoms with van der Waals surface area (Å²) >= 11 is 5.73. The van der Waals surface area contributed by atoms with Crippen molar-refractivity contribution in [2.75, 3.05) is 35.8 Å². The van der Waals surface area contributed by atoms with E-state index < -0.39 is 25.0 Å². The van der Waals surface area contributed by atoms with Crippen molar-refractivity contribution < 1.29 is 42.2 Å². The first-order valence-corrected chi connectivity index (χ1v) is 15.1. The summed E-state index contributed by atoms with van der Waals surface area (Å²) in [5, 5.41) is 7.78. The summed E-state index contributed by atoms with van der Waals surface area (Å²) < 4.78 is 32.7. The summed E-state index contributed by atoms with van der Waals surface area (Å²) in [4.78, 5) is 35.1. The molecule has 0 radical (unpaired) electrons. The monoisotopic (exact) mass is 603 g/mol. The topological polar surface area (TPSA) is 143 Å². The highest BCUT2D eigenvalue weighted by atomic mass is 32.5. The van der Waals surface area contributed by atoms with E-state index in [2.05, 4.69) is 16.0 Å². The number of nitrogens with one attached hydrogen (secondary N) is 3. The maximum Gasteiger partial charge on any atom is 0.490 e. The molecule has 3 N–H and O–H groups in total. The Morgan fingerprint density at radius 1 is 0.537 bits per heavy atom. The van der Waals surface area contributed by atoms with Gasteiger partial charge in [0.2, 0.25) is 0 Å². The van der Waals surface area contributed by atoms with Gasteiger partial charge in [-0.15, -0.1) is 0 Å². The van der Waals surface area contributed by atoms with Crippen molar-refractivity contribution in [1.29, 1.82) is 0 Å². The lowest BCUT2D eigenvalue weighted by Gasteiger charge is -2.23. The Balaban J connectivity index is 1.78. The van der Waals surface area contributed by atoms with Gasteiger partial charge in [-0.2, -0.15) is 0 Å². The van der Waals surface area contributed by atoms with Crippen LogP contribution in [-0.4, -0.2) is 38.1 Å². The van der Waals surface area contributed by atoms with Crippen LogP contribution in [0.15, 0.2) is 72.8 Å². The number of anilines is 3. The second kappa shape index (κ2) is 15.3. The Morgan fingerprint density at radius 2 is 0.780 bits per heavy atom. The van der Waals surface area contributed by atoms with E-state index >= 15 is 0 Å². The third-order valence-corrected chi connectivity index (χ3v) is 6.75. The largest absolute Gasteiger partial charge is 0.490 e. The first kappa shape index (κ1) is 31.1. The highest BCUT2D eigenvalue weighted by molar-refractivity contribution is 8.08. The van der Waals surface area contributed by atoms with E-state index in [1.165, 1.54) is 0 Å². The van der Waals surface area contributed by atoms with E-state index in [9.17, 15) is 14.4 Å². The molecule has 3 aromatic carbocycles. The minimum atomic E-state index is -3.55. The molecule has 0 saturated carbocycles. The molecular weight excluding hydrogens is 573 g/mol. The van der Waals surface area contributed by atoms with E-state index in [1.54, 1.807) is 93.6 Å². The van der Waals surface area contributed by atoms with Gasteiger partial charge in [0.1, 0.15) is 17.2 Å². The van der Waals surface area contributed by atoms with Gasteiger partial charge < -0.3 is 27.8 Å². The van der Waals surface area contributed by atoms with Crippen molar-refractivity contribution in [2.45, 2.75) is 20.8 Å². The molecule has 0 spiro atoms. The van der Waals surface area contributed by atoms with Gasteiger partial charge in [-0.25, -0.2) is 14.4 Å². The lowest BCUT2D eigenvalue weighted by atomic mass is 10.3. The zero-order valence-electron chi connectivity index (χ0n) is 22.6. The van der Waals surface area contributed by atoms with Crippen molar-refractivity contribution in [3.63, 3.8) is 0 Å². The van der Waals surface area contributed by atoms with E-state index in [1.807, 2.05) is 0 Å². The molecule has 3 aromatic rings. The molecule has 218 valence electrons. The van der Waals surface area contributed by atoms with Gasteiger partial charge in [0.15, 0.2) is 0 Å². The number of carbonyl (C=O) groups excluding carboxylic acids is 3. The standard InChI is InChI=1S/C27H30N3O9PS/c1-4-34-25(31)28-19-7-13-22(14-8-19)37-40(41,38-23-15-9-20(10-16-23)29-26(32)35-5-2)39-24-17-11-21(12-18-24)30-27(33)36-6-3/h7-18H,4-6H2,1-3H3,(H,28,31)(H,29,32)(H,30,33). The van der Waals surface area contributed by atoms with E-state index in [-0.39, 0.29) is 19.8 Å². The molecule has 0 aromatic heterocycles. The van der Waals surface area contributed by atoms with E-state index in [0.29, 0.717) is 34.3 Å². The van der Waals surface area contributed by atoms with Gasteiger partial charge in [0.05, 0.1) is 19.8 Å². The fourth-order valence-electron chi connectivity index (χ4n) is 3.10. The van der Waals surface area contributed by atoms with Gasteiger partial charge in [0, 0.05) is 28.9 Å². The molecule has 0 fully saturated rings. The number of hydrogen-bond donors (Lipinski definition) is 3. The fraction of sp³-hybridized carbons (Fsp3) is 0.222. The van der Waals surface area contributed by atoms with Gasteiger partial charge in [-0.05, 0) is 93.6 Å². The van der Waals surface area contributed by atoms with Crippen molar-refractivity contribution in [3.05, 3.63) is 72.8 Å². The highest BCUT2D eigenvalue weighted by Gasteiger charge is 2.27. The molecule has 3 amide bonds. The van der Waals surface area contributed by atoms with E-state index in [4.69, 9.17) is 39.6 Å². The lowest BCUT2D eigenvalue weighted by molar-refractivity contribution is 0.167. The molecule has 0 saturated heterocycles. The molecule has 14 heteroatoms. The number of amides is 3. The molecule has 0 bridgehead atoms. The normalized spacial score (nSPS) is 10.5. The van der Waals surface area contributed by atoms with Gasteiger partial charge in [-0.3, -0.25) is 16.0 Å². The number of hydrogen-bond acceptors (Lipinski definition) is 10. The quantitative estimate of drug-likeness (QED) is 0.144. The molecule has 0 aliphatic heterocycles. The summed E-state index contributed by atoms with van der Waals surface area (Å²) in [7, 11) is 0. The Morgan fingerprint density at radius 3 is 1.00 bits per heavy atom. The average molecular weight is 604 g/mol. The maximum absolute atomic E-state index is 11.7. The number of ether oxygens (including phenoxy) is 3. The molecule has 0 aliphatic rings. The van der Waals surface area contributed by atoms with Crippen LogP contribution in [0.2, 0.25) is 0 Å². The van der Waals surface area contributed by atoms with Crippen LogP contribution < -0.4 is 29.5 Å². The second-order valence-corrected chi connectivity index (χ2v) is 10.6. The van der Waals surface area contributed by atoms with Gasteiger partial charge in [-0.1, -0.05) is 0 Å². The first-order chi connectivity index (χ1) is 19.7. The lowest BCUT2D eigenvalue weighted by Crippen LogP contribution is -2.13. The first-order valence-electron chi connectivity index (χ1n) is 12.5. The molecule has 0 atom stereocenters. The van der Waals surface area contributed by atoms with Crippen LogP contribution in [0, 0.1) is 0 Å². The second-order valence-electron chi connectivity index (χ2n) is 7.83. The summed E-state index contributed by atoms with van der Waals surface area (Å²) in [5.74, 6) is 0.969. The van der Waals surface area contributed by atoms with Gasteiger partial charge >= 0.3 is 25.0 Å². The third kappa shape index (κ3) is 10.5. The molecule has 12 nitrogen and oxygen atoms in total. The Kier molecular flexibility index (Phi) is 11.6. The van der Waals surface area contributed by atoms with Crippen molar-refractivity contribution >= 4 is 53.9 Å². The predicted molar refractivity (Wildman–Crippen MR) is 157 cm³/mol. The van der Waals surface area contributed by atoms with Crippen LogP contribution in [0.1, 0.15) is 20.8 Å². The summed E-state index contributed by atoms with van der Waals surface area (Å²) in [6.07, 6.45) is -1.75. The van der Waals surface area contributed by atoms with E-state index in [0.717, 1.165) is 0 Å². The number of carbonyl (C=O) groups is 3. The Hall–Kier alpha value is -4.48. The molecule has 0 aliphatic carbocycles. The van der Waals surface area contributed by atoms with Crippen LogP contribution in [0.4, 0.5) is 31.4 Å². The van der Waals surface area contributed by atoms with Crippen LogP contribution in [0.5, 0.6) is 17.2 Å². The van der Waals surface area contributed by atoms with Crippen LogP contribution in [0.25, 0.3) is 0 Å². The number of rotatable bonds is 12. The zero-order chi connectivity index (χ0) is 29.7. The zero-order valence-corrected chi connectivity index (χ0v) is 24.3. The highest BCUT2D eigenvalue weighted by Crippen LogP contribution is 2.50.